The van der Waals surface area contributed by atoms with E-state index in [1.165, 1.54) is 6.07 Å². The van der Waals surface area contributed by atoms with E-state index in [1.807, 2.05) is 0 Å². The molecular formula is C8H10ClN3O2. The molecule has 0 atom stereocenters. The van der Waals surface area contributed by atoms with Gasteiger partial charge in [0, 0.05) is 13.1 Å². The highest BCUT2D eigenvalue weighted by molar-refractivity contribution is 6.33. The van der Waals surface area contributed by atoms with E-state index < -0.39 is 5.97 Å². The Hall–Kier alpha value is -1.33. The molecule has 1 aromatic heterocycles. The number of nitrogens with one attached hydrogen (secondary N) is 1. The first-order chi connectivity index (χ1) is 6.65. The van der Waals surface area contributed by atoms with Crippen molar-refractivity contribution >= 4 is 23.4 Å². The summed E-state index contributed by atoms with van der Waals surface area (Å²) in [6.07, 6.45) is 0. The first-order valence-corrected chi connectivity index (χ1v) is 4.36. The number of nitrogens with two attached hydrogens (primary N) is 1. The number of aromatic nitrogens is 1. The lowest BCUT2D eigenvalue weighted by Crippen LogP contribution is -2.14. The van der Waals surface area contributed by atoms with Crippen LogP contribution in [-0.4, -0.2) is 29.1 Å². The SMILES string of the molecule is NCCNc1ccc(Cl)c(C(=O)O)n1. The van der Waals surface area contributed by atoms with Gasteiger partial charge in [-0.3, -0.25) is 0 Å². The maximum atomic E-state index is 10.6. The number of carboxylic acid groups (broad SMARTS) is 1. The van der Waals surface area contributed by atoms with Crippen LogP contribution < -0.4 is 11.1 Å². The number of hydrogen-bond acceptors (Lipinski definition) is 4. The molecule has 1 heterocycles. The van der Waals surface area contributed by atoms with Gasteiger partial charge in [0.2, 0.25) is 0 Å². The molecule has 0 unspecified atom stereocenters. The number of nitrogens with zero attached hydrogens (tertiary/aromatic N) is 1. The number of hydrogen-bond donors (Lipinski definition) is 3. The zero-order chi connectivity index (χ0) is 10.6. The summed E-state index contributed by atoms with van der Waals surface area (Å²) in [5, 5.41) is 11.7. The summed E-state index contributed by atoms with van der Waals surface area (Å²) < 4.78 is 0. The number of pyridine rings is 1. The molecular weight excluding hydrogens is 206 g/mol. The Morgan fingerprint density at radius 2 is 2.36 bits per heavy atom. The average Bonchev–Trinajstić information content (AvgIpc) is 2.16. The minimum absolute atomic E-state index is 0.121. The van der Waals surface area contributed by atoms with Crippen molar-refractivity contribution in [3.05, 3.63) is 22.8 Å². The number of carbonyl (C=O) groups is 1. The summed E-state index contributed by atoms with van der Waals surface area (Å²) in [5.74, 6) is -0.691. The van der Waals surface area contributed by atoms with Gasteiger partial charge in [-0.2, -0.15) is 0 Å². The van der Waals surface area contributed by atoms with Gasteiger partial charge in [-0.15, -0.1) is 0 Å². The third kappa shape index (κ3) is 2.58. The van der Waals surface area contributed by atoms with Crippen molar-refractivity contribution in [1.29, 1.82) is 0 Å². The maximum absolute atomic E-state index is 10.6. The van der Waals surface area contributed by atoms with Gasteiger partial charge in [0.15, 0.2) is 5.69 Å². The fraction of sp³-hybridized carbons (Fsp3) is 0.250. The lowest BCUT2D eigenvalue weighted by molar-refractivity contribution is 0.0691. The van der Waals surface area contributed by atoms with Crippen LogP contribution in [0.2, 0.25) is 5.02 Å². The molecule has 0 aliphatic heterocycles. The Morgan fingerprint density at radius 3 is 2.93 bits per heavy atom. The topological polar surface area (TPSA) is 88.2 Å². The van der Waals surface area contributed by atoms with E-state index in [9.17, 15) is 4.79 Å². The number of anilines is 1. The fourth-order valence-corrected chi connectivity index (χ4v) is 1.08. The third-order valence-corrected chi connectivity index (χ3v) is 1.80. The van der Waals surface area contributed by atoms with E-state index >= 15 is 0 Å². The predicted octanol–water partition coefficient (Wildman–Crippen LogP) is 0.804. The maximum Gasteiger partial charge on any atom is 0.356 e. The first-order valence-electron chi connectivity index (χ1n) is 3.99. The van der Waals surface area contributed by atoms with E-state index in [1.54, 1.807) is 6.07 Å². The molecule has 76 valence electrons. The molecule has 0 bridgehead atoms. The van der Waals surface area contributed by atoms with Crippen LogP contribution in [0.3, 0.4) is 0 Å². The minimum atomic E-state index is -1.15. The lowest BCUT2D eigenvalue weighted by Gasteiger charge is -2.05. The molecule has 6 heteroatoms. The van der Waals surface area contributed by atoms with Crippen LogP contribution in [0.15, 0.2) is 12.1 Å². The molecule has 1 rings (SSSR count). The van der Waals surface area contributed by atoms with Crippen LogP contribution in [-0.2, 0) is 0 Å². The van der Waals surface area contributed by atoms with Crippen molar-refractivity contribution in [2.75, 3.05) is 18.4 Å². The number of aromatic carboxylic acids is 1. The van der Waals surface area contributed by atoms with Crippen LogP contribution in [0, 0.1) is 0 Å². The smallest absolute Gasteiger partial charge is 0.356 e. The summed E-state index contributed by atoms with van der Waals surface area (Å²) in [7, 11) is 0. The van der Waals surface area contributed by atoms with E-state index in [0.29, 0.717) is 18.9 Å². The molecule has 0 aliphatic carbocycles. The number of rotatable bonds is 4. The van der Waals surface area contributed by atoms with Crippen molar-refractivity contribution in [2.24, 2.45) is 5.73 Å². The zero-order valence-corrected chi connectivity index (χ0v) is 8.08. The molecule has 0 saturated carbocycles. The van der Waals surface area contributed by atoms with Gasteiger partial charge in [-0.1, -0.05) is 11.6 Å². The second kappa shape index (κ2) is 4.78. The Balaban J connectivity index is 2.89. The monoisotopic (exact) mass is 215 g/mol. The van der Waals surface area contributed by atoms with Gasteiger partial charge in [-0.05, 0) is 12.1 Å². The first kappa shape index (κ1) is 10.7. The van der Waals surface area contributed by atoms with Crippen molar-refractivity contribution in [3.8, 4) is 0 Å². The zero-order valence-electron chi connectivity index (χ0n) is 7.33. The predicted molar refractivity (Wildman–Crippen MR) is 53.8 cm³/mol. The van der Waals surface area contributed by atoms with Crippen LogP contribution in [0.4, 0.5) is 5.82 Å². The van der Waals surface area contributed by atoms with Crippen LogP contribution in [0.25, 0.3) is 0 Å². The van der Waals surface area contributed by atoms with Gasteiger partial charge < -0.3 is 16.2 Å². The molecule has 0 amide bonds. The lowest BCUT2D eigenvalue weighted by atomic mass is 10.3. The highest BCUT2D eigenvalue weighted by atomic mass is 35.5. The van der Waals surface area contributed by atoms with Crippen LogP contribution >= 0.6 is 11.6 Å². The highest BCUT2D eigenvalue weighted by Gasteiger charge is 2.10. The Bertz CT molecular complexity index is 343. The van der Waals surface area contributed by atoms with Gasteiger partial charge in [0.25, 0.3) is 0 Å². The average molecular weight is 216 g/mol. The summed E-state index contributed by atoms with van der Waals surface area (Å²) in [5.41, 5.74) is 5.11. The fourth-order valence-electron chi connectivity index (χ4n) is 0.891. The highest BCUT2D eigenvalue weighted by Crippen LogP contribution is 2.16. The van der Waals surface area contributed by atoms with Crippen molar-refractivity contribution in [1.82, 2.24) is 4.98 Å². The van der Waals surface area contributed by atoms with Crippen LogP contribution in [0.1, 0.15) is 10.5 Å². The Labute approximate surface area is 85.9 Å². The molecule has 5 nitrogen and oxygen atoms in total. The molecule has 0 saturated heterocycles. The molecule has 0 aliphatic rings. The molecule has 0 spiro atoms. The molecule has 0 radical (unpaired) electrons. The van der Waals surface area contributed by atoms with Crippen molar-refractivity contribution in [2.45, 2.75) is 0 Å². The second-order valence-corrected chi connectivity index (χ2v) is 2.95. The second-order valence-electron chi connectivity index (χ2n) is 2.55. The van der Waals surface area contributed by atoms with E-state index in [0.717, 1.165) is 0 Å². The summed E-state index contributed by atoms with van der Waals surface area (Å²) in [6.45, 7) is 0.987. The van der Waals surface area contributed by atoms with E-state index in [2.05, 4.69) is 10.3 Å². The Kier molecular flexibility index (Phi) is 3.67. The van der Waals surface area contributed by atoms with Gasteiger partial charge in [0.1, 0.15) is 5.82 Å². The summed E-state index contributed by atoms with van der Waals surface area (Å²) in [6, 6.07) is 3.08. The normalized spacial score (nSPS) is 9.86. The van der Waals surface area contributed by atoms with Gasteiger partial charge in [0.05, 0.1) is 5.02 Å². The van der Waals surface area contributed by atoms with Gasteiger partial charge in [-0.25, -0.2) is 9.78 Å². The molecule has 14 heavy (non-hydrogen) atoms. The molecule has 0 aromatic carbocycles. The summed E-state index contributed by atoms with van der Waals surface area (Å²) in [4.78, 5) is 14.5. The van der Waals surface area contributed by atoms with Crippen molar-refractivity contribution in [3.63, 3.8) is 0 Å². The molecule has 1 aromatic rings. The van der Waals surface area contributed by atoms with Crippen LogP contribution in [0.5, 0.6) is 0 Å². The third-order valence-electron chi connectivity index (χ3n) is 1.50. The largest absolute Gasteiger partial charge is 0.476 e. The summed E-state index contributed by atoms with van der Waals surface area (Å²) >= 11 is 5.63. The standard InChI is InChI=1S/C8H10ClN3O2/c9-5-1-2-6(11-4-3-10)12-7(5)8(13)14/h1-2H,3-4,10H2,(H,11,12)(H,13,14). The number of halogens is 1. The quantitative estimate of drug-likeness (QED) is 0.692. The van der Waals surface area contributed by atoms with Crippen molar-refractivity contribution < 1.29 is 9.90 Å². The molecule has 0 fully saturated rings. The Morgan fingerprint density at radius 1 is 1.64 bits per heavy atom. The number of carboxylic acids is 1. The molecule has 4 N–H and O–H groups in total. The van der Waals surface area contributed by atoms with E-state index in [4.69, 9.17) is 22.4 Å². The van der Waals surface area contributed by atoms with Gasteiger partial charge >= 0.3 is 5.97 Å². The minimum Gasteiger partial charge on any atom is -0.476 e. The van der Waals surface area contributed by atoms with E-state index in [-0.39, 0.29) is 10.7 Å².